The van der Waals surface area contributed by atoms with Crippen LogP contribution in [0.15, 0.2) is 0 Å². The summed E-state index contributed by atoms with van der Waals surface area (Å²) in [6, 6.07) is 0. The minimum absolute atomic E-state index is 0.00366. The third kappa shape index (κ3) is 5.06. The van der Waals surface area contributed by atoms with Crippen molar-refractivity contribution in [2.45, 2.75) is 24.8 Å². The van der Waals surface area contributed by atoms with Crippen molar-refractivity contribution in [3.8, 4) is 0 Å². The molecule has 0 saturated carbocycles. The molecule has 0 radical (unpaired) electrons. The fraction of sp³-hybridized carbons (Fsp3) is 0.923. The van der Waals surface area contributed by atoms with Crippen LogP contribution in [0.1, 0.15) is 19.3 Å². The molecule has 0 bridgehead atoms. The first kappa shape index (κ1) is 16.4. The Hall–Kier alpha value is -0.690. The van der Waals surface area contributed by atoms with Crippen molar-refractivity contribution in [3.63, 3.8) is 0 Å². The lowest BCUT2D eigenvalue weighted by atomic mass is 9.89. The van der Waals surface area contributed by atoms with Gasteiger partial charge in [-0.15, -0.1) is 0 Å². The molecule has 0 atom stereocenters. The van der Waals surface area contributed by atoms with Crippen LogP contribution in [0.2, 0.25) is 0 Å². The van der Waals surface area contributed by atoms with Gasteiger partial charge in [-0.2, -0.15) is 0 Å². The molecule has 1 fully saturated rings. The van der Waals surface area contributed by atoms with Gasteiger partial charge >= 0.3 is 0 Å². The molecule has 6 heteroatoms. The first-order valence-electron chi connectivity index (χ1n) is 6.78. The van der Waals surface area contributed by atoms with Crippen molar-refractivity contribution in [1.82, 2.24) is 4.90 Å². The summed E-state index contributed by atoms with van der Waals surface area (Å²) in [6.45, 7) is 3.48. The molecule has 19 heavy (non-hydrogen) atoms. The van der Waals surface area contributed by atoms with Gasteiger partial charge in [0.25, 0.3) is 0 Å². The van der Waals surface area contributed by atoms with Gasteiger partial charge in [0.2, 0.25) is 5.91 Å². The Kier molecular flexibility index (Phi) is 7.30. The lowest BCUT2D eigenvalue weighted by Crippen LogP contribution is -2.58. The van der Waals surface area contributed by atoms with Crippen LogP contribution in [0, 0.1) is 0 Å². The molecule has 1 amide bonds. The van der Waals surface area contributed by atoms with Crippen LogP contribution in [0.25, 0.3) is 0 Å². The van der Waals surface area contributed by atoms with E-state index < -0.39 is 5.54 Å². The van der Waals surface area contributed by atoms with Gasteiger partial charge in [-0.3, -0.25) is 4.79 Å². The van der Waals surface area contributed by atoms with Crippen molar-refractivity contribution < 1.29 is 19.0 Å². The molecule has 0 aliphatic carbocycles. The zero-order valence-corrected chi connectivity index (χ0v) is 12.0. The lowest BCUT2D eigenvalue weighted by Gasteiger charge is -2.36. The second-order valence-electron chi connectivity index (χ2n) is 4.90. The average molecular weight is 274 g/mol. The summed E-state index contributed by atoms with van der Waals surface area (Å²) in [7, 11) is 3.29. The molecule has 1 aliphatic heterocycles. The zero-order chi connectivity index (χ0) is 14.1. The minimum atomic E-state index is -0.779. The molecule has 0 aromatic heterocycles. The maximum absolute atomic E-state index is 12.6. The first-order chi connectivity index (χ1) is 9.14. The number of hydrogen-bond donors (Lipinski definition) is 1. The van der Waals surface area contributed by atoms with Crippen molar-refractivity contribution in [2.24, 2.45) is 5.73 Å². The number of nitrogens with two attached hydrogens (primary N) is 1. The molecule has 1 aliphatic rings. The molecule has 0 aromatic rings. The molecule has 1 saturated heterocycles. The van der Waals surface area contributed by atoms with Crippen molar-refractivity contribution in [1.29, 1.82) is 0 Å². The maximum atomic E-state index is 12.6. The number of methoxy groups -OCH3 is 2. The van der Waals surface area contributed by atoms with Crippen LogP contribution >= 0.6 is 0 Å². The van der Waals surface area contributed by atoms with E-state index in [1.54, 1.807) is 19.1 Å². The Morgan fingerprint density at radius 2 is 1.84 bits per heavy atom. The number of carbonyl (C=O) groups is 1. The topological polar surface area (TPSA) is 74.0 Å². The highest BCUT2D eigenvalue weighted by Gasteiger charge is 2.38. The zero-order valence-electron chi connectivity index (χ0n) is 12.0. The predicted molar refractivity (Wildman–Crippen MR) is 71.9 cm³/mol. The summed E-state index contributed by atoms with van der Waals surface area (Å²) in [6.07, 6.45) is 1.97. The lowest BCUT2D eigenvalue weighted by molar-refractivity contribution is -0.141. The Balaban J connectivity index is 2.57. The van der Waals surface area contributed by atoms with Gasteiger partial charge in [-0.25, -0.2) is 0 Å². The summed E-state index contributed by atoms with van der Waals surface area (Å²) < 4.78 is 15.4. The number of hydrogen-bond acceptors (Lipinski definition) is 5. The molecule has 1 rings (SSSR count). The smallest absolute Gasteiger partial charge is 0.242 e. The van der Waals surface area contributed by atoms with Gasteiger partial charge in [-0.05, 0) is 19.3 Å². The van der Waals surface area contributed by atoms with Gasteiger partial charge < -0.3 is 24.8 Å². The van der Waals surface area contributed by atoms with Crippen LogP contribution in [-0.2, 0) is 19.0 Å². The standard InChI is InChI=1S/C13H26N2O4/c1-17-8-3-6-15(7-11-18-2)12(16)13(14)4-9-19-10-5-13/h3-11,14H2,1-2H3. The third-order valence-electron chi connectivity index (χ3n) is 3.44. The Labute approximate surface area is 115 Å². The van der Waals surface area contributed by atoms with Crippen LogP contribution in [0.3, 0.4) is 0 Å². The molecule has 0 aromatic carbocycles. The Morgan fingerprint density at radius 1 is 1.21 bits per heavy atom. The van der Waals surface area contributed by atoms with Gasteiger partial charge in [0.05, 0.1) is 12.1 Å². The first-order valence-corrected chi connectivity index (χ1v) is 6.78. The molecular formula is C13H26N2O4. The van der Waals surface area contributed by atoms with Gasteiger partial charge in [-0.1, -0.05) is 0 Å². The quantitative estimate of drug-likeness (QED) is 0.631. The number of amides is 1. The largest absolute Gasteiger partial charge is 0.385 e. The second-order valence-corrected chi connectivity index (χ2v) is 4.90. The minimum Gasteiger partial charge on any atom is -0.385 e. The number of ether oxygens (including phenoxy) is 3. The van der Waals surface area contributed by atoms with E-state index in [2.05, 4.69) is 0 Å². The molecule has 6 nitrogen and oxygen atoms in total. The highest BCUT2D eigenvalue weighted by Crippen LogP contribution is 2.20. The molecule has 1 heterocycles. The molecule has 2 N–H and O–H groups in total. The Morgan fingerprint density at radius 3 is 2.42 bits per heavy atom. The van der Waals surface area contributed by atoms with E-state index >= 15 is 0 Å². The summed E-state index contributed by atoms with van der Waals surface area (Å²) in [5.74, 6) is 0.00366. The van der Waals surface area contributed by atoms with Crippen LogP contribution in [0.5, 0.6) is 0 Å². The van der Waals surface area contributed by atoms with Crippen LogP contribution in [-0.4, -0.2) is 70.1 Å². The van der Waals surface area contributed by atoms with E-state index in [4.69, 9.17) is 19.9 Å². The molecule has 112 valence electrons. The van der Waals surface area contributed by atoms with E-state index in [0.29, 0.717) is 52.4 Å². The van der Waals surface area contributed by atoms with Gasteiger partial charge in [0.15, 0.2) is 0 Å². The fourth-order valence-electron chi connectivity index (χ4n) is 2.18. The van der Waals surface area contributed by atoms with Crippen molar-refractivity contribution >= 4 is 5.91 Å². The van der Waals surface area contributed by atoms with Crippen LogP contribution < -0.4 is 5.73 Å². The van der Waals surface area contributed by atoms with E-state index in [1.807, 2.05) is 0 Å². The molecule has 0 unspecified atom stereocenters. The number of carbonyl (C=O) groups excluding carboxylic acids is 1. The Bertz CT molecular complexity index is 267. The molecular weight excluding hydrogens is 248 g/mol. The van der Waals surface area contributed by atoms with Gasteiger partial charge in [0, 0.05) is 47.1 Å². The summed E-state index contributed by atoms with van der Waals surface area (Å²) in [4.78, 5) is 14.4. The maximum Gasteiger partial charge on any atom is 0.242 e. The second kappa shape index (κ2) is 8.47. The van der Waals surface area contributed by atoms with Crippen LogP contribution in [0.4, 0.5) is 0 Å². The average Bonchev–Trinajstić information content (AvgIpc) is 2.43. The normalized spacial score (nSPS) is 18.3. The van der Waals surface area contributed by atoms with E-state index in [-0.39, 0.29) is 5.91 Å². The summed E-state index contributed by atoms with van der Waals surface area (Å²) in [5, 5.41) is 0. The van der Waals surface area contributed by atoms with E-state index in [9.17, 15) is 4.79 Å². The van der Waals surface area contributed by atoms with Gasteiger partial charge in [0.1, 0.15) is 0 Å². The number of rotatable bonds is 8. The highest BCUT2D eigenvalue weighted by atomic mass is 16.5. The SMILES string of the molecule is COCCCN(CCOC)C(=O)C1(N)CCOCC1. The highest BCUT2D eigenvalue weighted by molar-refractivity contribution is 5.86. The number of nitrogens with zero attached hydrogens (tertiary/aromatic N) is 1. The molecule has 0 spiro atoms. The fourth-order valence-corrected chi connectivity index (χ4v) is 2.18. The van der Waals surface area contributed by atoms with E-state index in [0.717, 1.165) is 6.42 Å². The summed E-state index contributed by atoms with van der Waals surface area (Å²) in [5.41, 5.74) is 5.46. The summed E-state index contributed by atoms with van der Waals surface area (Å²) >= 11 is 0. The predicted octanol–water partition coefficient (Wildman–Crippen LogP) is 0.00580. The van der Waals surface area contributed by atoms with Crippen molar-refractivity contribution in [3.05, 3.63) is 0 Å². The third-order valence-corrected chi connectivity index (χ3v) is 3.44. The van der Waals surface area contributed by atoms with Crippen molar-refractivity contribution in [2.75, 3.05) is 53.7 Å². The van der Waals surface area contributed by atoms with E-state index in [1.165, 1.54) is 0 Å². The monoisotopic (exact) mass is 274 g/mol.